The minimum Gasteiger partial charge on any atom is -0.493 e. The molecular formula is C23H23Br2N3O5. The molecule has 10 heteroatoms. The summed E-state index contributed by atoms with van der Waals surface area (Å²) in [6, 6.07) is 8.73. The smallest absolute Gasteiger partial charge is 0.343 e. The molecule has 3 aromatic rings. The normalized spacial score (nSPS) is 11.7. The van der Waals surface area contributed by atoms with E-state index in [1.165, 1.54) is 18.9 Å². The van der Waals surface area contributed by atoms with Gasteiger partial charge in [-0.15, -0.1) is 0 Å². The summed E-state index contributed by atoms with van der Waals surface area (Å²) in [5.41, 5.74) is 0.537. The highest BCUT2D eigenvalue weighted by molar-refractivity contribution is 9.10. The van der Waals surface area contributed by atoms with Crippen LogP contribution in [0.4, 0.5) is 0 Å². The van der Waals surface area contributed by atoms with Gasteiger partial charge in [-0.05, 0) is 46.3 Å². The van der Waals surface area contributed by atoms with E-state index in [1.54, 1.807) is 30.5 Å². The van der Waals surface area contributed by atoms with Crippen LogP contribution in [0.15, 0.2) is 49.2 Å². The Morgan fingerprint density at radius 1 is 1.15 bits per heavy atom. The second-order valence-electron chi connectivity index (χ2n) is 8.10. The molecule has 0 N–H and O–H groups in total. The van der Waals surface area contributed by atoms with Gasteiger partial charge in [-0.3, -0.25) is 4.79 Å². The molecule has 0 unspecified atom stereocenters. The molecule has 0 bridgehead atoms. The zero-order valence-corrected chi connectivity index (χ0v) is 22.0. The monoisotopic (exact) mass is 579 g/mol. The number of carbonyl (C=O) groups is 1. The fourth-order valence-electron chi connectivity index (χ4n) is 2.98. The lowest BCUT2D eigenvalue weighted by atomic mass is 9.95. The Balaban J connectivity index is 2.09. The van der Waals surface area contributed by atoms with Crippen LogP contribution in [0.3, 0.4) is 0 Å². The Bertz CT molecular complexity index is 1300. The van der Waals surface area contributed by atoms with Gasteiger partial charge in [-0.2, -0.15) is 9.78 Å². The SMILES string of the molecule is COC(=O)COc1cc(Br)c(C=Nn2c(C(C)(C)C)nc3ccc(Br)cc3c2=O)cc1OC. The molecule has 0 spiro atoms. The number of esters is 1. The van der Waals surface area contributed by atoms with Gasteiger partial charge in [0, 0.05) is 19.9 Å². The van der Waals surface area contributed by atoms with E-state index in [0.717, 1.165) is 4.47 Å². The molecule has 33 heavy (non-hydrogen) atoms. The van der Waals surface area contributed by atoms with Crippen LogP contribution in [0.1, 0.15) is 32.2 Å². The third-order valence-corrected chi connectivity index (χ3v) is 5.83. The lowest BCUT2D eigenvalue weighted by Crippen LogP contribution is -2.29. The fraction of sp³-hybridized carbons (Fsp3) is 0.304. The summed E-state index contributed by atoms with van der Waals surface area (Å²) in [6.45, 7) is 5.66. The van der Waals surface area contributed by atoms with E-state index in [0.29, 0.717) is 38.3 Å². The molecule has 1 heterocycles. The van der Waals surface area contributed by atoms with Gasteiger partial charge in [0.2, 0.25) is 0 Å². The first-order valence-electron chi connectivity index (χ1n) is 9.89. The Labute approximate surface area is 207 Å². The van der Waals surface area contributed by atoms with Gasteiger partial charge in [0.1, 0.15) is 5.82 Å². The Morgan fingerprint density at radius 2 is 1.88 bits per heavy atom. The van der Waals surface area contributed by atoms with Gasteiger partial charge in [-0.1, -0.05) is 36.7 Å². The number of hydrogen-bond acceptors (Lipinski definition) is 7. The standard InChI is InChI=1S/C23H23Br2N3O5/c1-23(2,3)22-27-17-7-6-14(24)9-15(17)21(30)28(22)26-11-13-8-18(31-4)19(10-16(13)25)33-12-20(29)32-5/h6-11H,12H2,1-5H3. The highest BCUT2D eigenvalue weighted by Crippen LogP contribution is 2.33. The van der Waals surface area contributed by atoms with E-state index in [1.807, 2.05) is 26.8 Å². The predicted octanol–water partition coefficient (Wildman–Crippen LogP) is 4.66. The topological polar surface area (TPSA) is 92.0 Å². The first-order chi connectivity index (χ1) is 15.5. The van der Waals surface area contributed by atoms with E-state index in [4.69, 9.17) is 14.5 Å². The molecule has 8 nitrogen and oxygen atoms in total. The molecular weight excluding hydrogens is 558 g/mol. The second kappa shape index (κ2) is 10.0. The first-order valence-corrected chi connectivity index (χ1v) is 11.5. The summed E-state index contributed by atoms with van der Waals surface area (Å²) in [5.74, 6) is 0.771. The summed E-state index contributed by atoms with van der Waals surface area (Å²) in [5, 5.41) is 4.93. The third kappa shape index (κ3) is 5.62. The number of hydrogen-bond donors (Lipinski definition) is 0. The molecule has 0 fully saturated rings. The number of aromatic nitrogens is 2. The molecule has 0 saturated carbocycles. The van der Waals surface area contributed by atoms with Crippen molar-refractivity contribution in [3.05, 3.63) is 61.0 Å². The fourth-order valence-corrected chi connectivity index (χ4v) is 3.76. The van der Waals surface area contributed by atoms with Crippen LogP contribution in [0.5, 0.6) is 11.5 Å². The maximum atomic E-state index is 13.3. The largest absolute Gasteiger partial charge is 0.493 e. The minimum atomic E-state index is -0.511. The van der Waals surface area contributed by atoms with Crippen LogP contribution in [0.25, 0.3) is 10.9 Å². The van der Waals surface area contributed by atoms with Crippen molar-refractivity contribution >= 4 is 54.9 Å². The van der Waals surface area contributed by atoms with E-state index < -0.39 is 11.4 Å². The van der Waals surface area contributed by atoms with Crippen LogP contribution < -0.4 is 15.0 Å². The number of benzene rings is 2. The van der Waals surface area contributed by atoms with Gasteiger partial charge in [0.05, 0.1) is 31.3 Å². The average Bonchev–Trinajstić information content (AvgIpc) is 2.77. The van der Waals surface area contributed by atoms with Crippen molar-refractivity contribution in [2.45, 2.75) is 26.2 Å². The molecule has 0 aliphatic rings. The van der Waals surface area contributed by atoms with E-state index >= 15 is 0 Å². The molecule has 1 aromatic heterocycles. The van der Waals surface area contributed by atoms with Crippen LogP contribution in [-0.2, 0) is 14.9 Å². The lowest BCUT2D eigenvalue weighted by Gasteiger charge is -2.21. The molecule has 0 aliphatic heterocycles. The average molecular weight is 581 g/mol. The van der Waals surface area contributed by atoms with Crippen molar-refractivity contribution in [1.82, 2.24) is 9.66 Å². The summed E-state index contributed by atoms with van der Waals surface area (Å²) in [4.78, 5) is 29.4. The van der Waals surface area contributed by atoms with Gasteiger partial charge >= 0.3 is 5.97 Å². The second-order valence-corrected chi connectivity index (χ2v) is 9.87. The van der Waals surface area contributed by atoms with E-state index in [9.17, 15) is 9.59 Å². The zero-order valence-electron chi connectivity index (χ0n) is 18.8. The quantitative estimate of drug-likeness (QED) is 0.311. The summed E-state index contributed by atoms with van der Waals surface area (Å²) in [6.07, 6.45) is 1.54. The number of rotatable bonds is 6. The highest BCUT2D eigenvalue weighted by Gasteiger charge is 2.23. The molecule has 0 amide bonds. The number of halogens is 2. The van der Waals surface area contributed by atoms with Crippen molar-refractivity contribution in [2.75, 3.05) is 20.8 Å². The molecule has 0 radical (unpaired) electrons. The summed E-state index contributed by atoms with van der Waals surface area (Å²) in [7, 11) is 2.77. The van der Waals surface area contributed by atoms with Gasteiger partial charge in [-0.25, -0.2) is 9.78 Å². The summed E-state index contributed by atoms with van der Waals surface area (Å²) < 4.78 is 18.2. The number of ether oxygens (including phenoxy) is 3. The van der Waals surface area contributed by atoms with Gasteiger partial charge in [0.25, 0.3) is 5.56 Å². The number of carbonyl (C=O) groups excluding carboxylic acids is 1. The van der Waals surface area contributed by atoms with Gasteiger partial charge < -0.3 is 14.2 Å². The lowest BCUT2D eigenvalue weighted by molar-refractivity contribution is -0.142. The number of nitrogens with zero attached hydrogens (tertiary/aromatic N) is 3. The van der Waals surface area contributed by atoms with Gasteiger partial charge in [0.15, 0.2) is 18.1 Å². The molecule has 3 rings (SSSR count). The van der Waals surface area contributed by atoms with Crippen LogP contribution >= 0.6 is 31.9 Å². The van der Waals surface area contributed by atoms with Crippen LogP contribution in [0, 0.1) is 0 Å². The van der Waals surface area contributed by atoms with E-state index in [2.05, 4.69) is 41.7 Å². The first kappa shape index (κ1) is 24.9. The highest BCUT2D eigenvalue weighted by atomic mass is 79.9. The van der Waals surface area contributed by atoms with Crippen LogP contribution in [0.2, 0.25) is 0 Å². The number of fused-ring (bicyclic) bond motifs is 1. The van der Waals surface area contributed by atoms with Crippen molar-refractivity contribution in [2.24, 2.45) is 5.10 Å². The predicted molar refractivity (Wildman–Crippen MR) is 134 cm³/mol. The number of methoxy groups -OCH3 is 2. The zero-order chi connectivity index (χ0) is 24.3. The van der Waals surface area contributed by atoms with Crippen LogP contribution in [-0.4, -0.2) is 42.7 Å². The molecule has 174 valence electrons. The maximum absolute atomic E-state index is 13.3. The third-order valence-electron chi connectivity index (χ3n) is 4.65. The van der Waals surface area contributed by atoms with Crippen molar-refractivity contribution in [3.63, 3.8) is 0 Å². The maximum Gasteiger partial charge on any atom is 0.343 e. The Kier molecular flexibility index (Phi) is 7.58. The van der Waals surface area contributed by atoms with E-state index in [-0.39, 0.29) is 12.2 Å². The molecule has 0 aliphatic carbocycles. The molecule has 2 aromatic carbocycles. The Hall–Kier alpha value is -2.72. The van der Waals surface area contributed by atoms with Crippen molar-refractivity contribution in [3.8, 4) is 11.5 Å². The van der Waals surface area contributed by atoms with Crippen molar-refractivity contribution < 1.29 is 19.0 Å². The Morgan fingerprint density at radius 3 is 2.52 bits per heavy atom. The minimum absolute atomic E-state index is 0.255. The molecule has 0 saturated heterocycles. The molecule has 0 atom stereocenters. The summed E-state index contributed by atoms with van der Waals surface area (Å²) >= 11 is 6.89. The van der Waals surface area contributed by atoms with Crippen molar-refractivity contribution in [1.29, 1.82) is 0 Å².